The van der Waals surface area contributed by atoms with Gasteiger partial charge in [0.2, 0.25) is 5.88 Å². The van der Waals surface area contributed by atoms with Gasteiger partial charge in [-0.25, -0.2) is 13.1 Å². The summed E-state index contributed by atoms with van der Waals surface area (Å²) in [7, 11) is -2.63. The molecule has 0 saturated heterocycles. The number of hydrogen-bond acceptors (Lipinski definition) is 4. The molecule has 1 heterocycles. The molecule has 0 bridgehead atoms. The van der Waals surface area contributed by atoms with Crippen molar-refractivity contribution in [1.82, 2.24) is 9.78 Å². The highest BCUT2D eigenvalue weighted by Crippen LogP contribution is 2.18. The van der Waals surface area contributed by atoms with Crippen LogP contribution in [0.5, 0.6) is 5.88 Å². The van der Waals surface area contributed by atoms with E-state index in [1.54, 1.807) is 19.1 Å². The predicted octanol–water partition coefficient (Wildman–Crippen LogP) is 0.857. The SMILES string of the molecule is Cc1cc(O)n(-c2cccc([SH](=O)=O)c2)n1. The zero-order valence-corrected chi connectivity index (χ0v) is 9.39. The van der Waals surface area contributed by atoms with Crippen molar-refractivity contribution in [2.45, 2.75) is 11.8 Å². The lowest BCUT2D eigenvalue weighted by molar-refractivity contribution is 0.433. The van der Waals surface area contributed by atoms with Gasteiger partial charge in [0, 0.05) is 6.07 Å². The van der Waals surface area contributed by atoms with Crippen LogP contribution in [0, 0.1) is 6.92 Å². The minimum absolute atomic E-state index is 0.0178. The second-order valence-corrected chi connectivity index (χ2v) is 4.36. The van der Waals surface area contributed by atoms with Crippen LogP contribution in [0.15, 0.2) is 35.2 Å². The van der Waals surface area contributed by atoms with E-state index in [2.05, 4.69) is 5.10 Å². The number of aryl methyl sites for hydroxylation is 1. The monoisotopic (exact) mass is 238 g/mol. The smallest absolute Gasteiger partial charge is 0.214 e. The van der Waals surface area contributed by atoms with Crippen molar-refractivity contribution in [3.63, 3.8) is 0 Å². The van der Waals surface area contributed by atoms with Crippen LogP contribution in [0.1, 0.15) is 5.69 Å². The van der Waals surface area contributed by atoms with Crippen LogP contribution in [0.2, 0.25) is 0 Å². The Kier molecular flexibility index (Phi) is 2.66. The molecule has 5 nitrogen and oxygen atoms in total. The van der Waals surface area contributed by atoms with E-state index >= 15 is 0 Å². The van der Waals surface area contributed by atoms with Crippen LogP contribution in [-0.2, 0) is 10.7 Å². The third-order valence-electron chi connectivity index (χ3n) is 2.10. The van der Waals surface area contributed by atoms with Gasteiger partial charge in [-0.15, -0.1) is 0 Å². The van der Waals surface area contributed by atoms with Crippen molar-refractivity contribution in [3.05, 3.63) is 36.0 Å². The van der Waals surface area contributed by atoms with Crippen LogP contribution in [-0.4, -0.2) is 23.3 Å². The Balaban J connectivity index is 2.56. The minimum Gasteiger partial charge on any atom is -0.493 e. The van der Waals surface area contributed by atoms with E-state index in [0.29, 0.717) is 11.4 Å². The second kappa shape index (κ2) is 3.97. The van der Waals surface area contributed by atoms with E-state index in [1.807, 2.05) is 0 Å². The van der Waals surface area contributed by atoms with Gasteiger partial charge in [0.25, 0.3) is 0 Å². The van der Waals surface area contributed by atoms with E-state index in [4.69, 9.17) is 0 Å². The van der Waals surface area contributed by atoms with Crippen molar-refractivity contribution >= 4 is 10.7 Å². The number of aromatic hydroxyl groups is 1. The number of rotatable bonds is 2. The molecule has 0 atom stereocenters. The van der Waals surface area contributed by atoms with Gasteiger partial charge in [-0.05, 0) is 25.1 Å². The lowest BCUT2D eigenvalue weighted by Crippen LogP contribution is -1.96. The molecule has 1 aromatic carbocycles. The summed E-state index contributed by atoms with van der Waals surface area (Å²) in [5, 5.41) is 13.6. The first-order valence-corrected chi connectivity index (χ1v) is 5.76. The molecule has 1 aromatic heterocycles. The van der Waals surface area contributed by atoms with Gasteiger partial charge >= 0.3 is 0 Å². The highest BCUT2D eigenvalue weighted by molar-refractivity contribution is 7.72. The first kappa shape index (κ1) is 10.7. The number of hydrogen-bond donors (Lipinski definition) is 2. The average molecular weight is 238 g/mol. The quantitative estimate of drug-likeness (QED) is 0.761. The Labute approximate surface area is 93.9 Å². The van der Waals surface area contributed by atoms with Crippen molar-refractivity contribution < 1.29 is 13.5 Å². The van der Waals surface area contributed by atoms with E-state index in [1.165, 1.54) is 22.9 Å². The molecule has 0 unspecified atom stereocenters. The zero-order chi connectivity index (χ0) is 11.7. The molecule has 2 aromatic rings. The number of aromatic nitrogens is 2. The highest BCUT2D eigenvalue weighted by Gasteiger charge is 2.06. The number of thiol groups is 1. The van der Waals surface area contributed by atoms with Crippen molar-refractivity contribution in [1.29, 1.82) is 0 Å². The molecule has 0 radical (unpaired) electrons. The van der Waals surface area contributed by atoms with Crippen LogP contribution >= 0.6 is 0 Å². The Morgan fingerprint density at radius 3 is 2.62 bits per heavy atom. The molecule has 16 heavy (non-hydrogen) atoms. The Hall–Kier alpha value is -1.82. The van der Waals surface area contributed by atoms with Gasteiger partial charge in [0.05, 0.1) is 16.3 Å². The maximum Gasteiger partial charge on any atom is 0.214 e. The Morgan fingerprint density at radius 2 is 2.06 bits per heavy atom. The fourth-order valence-electron chi connectivity index (χ4n) is 1.41. The van der Waals surface area contributed by atoms with Crippen LogP contribution in [0.4, 0.5) is 0 Å². The summed E-state index contributed by atoms with van der Waals surface area (Å²) in [4.78, 5) is 0.194. The molecule has 0 aliphatic rings. The Bertz CT molecular complexity index is 594. The second-order valence-electron chi connectivity index (χ2n) is 3.33. The average Bonchev–Trinajstić information content (AvgIpc) is 2.58. The molecule has 0 saturated carbocycles. The molecule has 84 valence electrons. The third kappa shape index (κ3) is 1.92. The fraction of sp³-hybridized carbons (Fsp3) is 0.100. The maximum atomic E-state index is 10.8. The molecular weight excluding hydrogens is 228 g/mol. The molecule has 0 aliphatic heterocycles. The summed E-state index contributed by atoms with van der Waals surface area (Å²) in [6.07, 6.45) is 0. The molecule has 6 heteroatoms. The largest absolute Gasteiger partial charge is 0.493 e. The van der Waals surface area contributed by atoms with E-state index in [0.717, 1.165) is 0 Å². The first-order chi connectivity index (χ1) is 7.58. The normalized spacial score (nSPS) is 10.9. The van der Waals surface area contributed by atoms with Crippen LogP contribution < -0.4 is 0 Å². The Morgan fingerprint density at radius 1 is 1.31 bits per heavy atom. The summed E-state index contributed by atoms with van der Waals surface area (Å²) in [6.45, 7) is 1.74. The highest BCUT2D eigenvalue weighted by atomic mass is 32.2. The van der Waals surface area contributed by atoms with E-state index in [9.17, 15) is 13.5 Å². The minimum atomic E-state index is -2.63. The van der Waals surface area contributed by atoms with E-state index < -0.39 is 10.7 Å². The van der Waals surface area contributed by atoms with Gasteiger partial charge < -0.3 is 5.11 Å². The molecule has 0 aliphatic carbocycles. The summed E-state index contributed by atoms with van der Waals surface area (Å²) < 4.78 is 22.9. The van der Waals surface area contributed by atoms with Gasteiger partial charge in [-0.1, -0.05) is 6.07 Å². The number of nitrogens with zero attached hydrogens (tertiary/aromatic N) is 2. The first-order valence-electron chi connectivity index (χ1n) is 4.58. The lowest BCUT2D eigenvalue weighted by atomic mass is 10.3. The molecule has 0 fully saturated rings. The van der Waals surface area contributed by atoms with Crippen LogP contribution in [0.3, 0.4) is 0 Å². The molecule has 1 N–H and O–H groups in total. The zero-order valence-electron chi connectivity index (χ0n) is 8.49. The standard InChI is InChI=1S/C10H10N2O3S/c1-7-5-10(13)12(11-7)8-3-2-4-9(6-8)16(14)15/h2-6,13,16H,1H3. The summed E-state index contributed by atoms with van der Waals surface area (Å²) in [5.74, 6) is -0.0178. The molecular formula is C10H10N2O3S. The van der Waals surface area contributed by atoms with Gasteiger partial charge in [0.15, 0.2) is 10.7 Å². The topological polar surface area (TPSA) is 72.2 Å². The predicted molar refractivity (Wildman–Crippen MR) is 58.5 cm³/mol. The fourth-order valence-corrected chi connectivity index (χ4v) is 1.86. The van der Waals surface area contributed by atoms with Crippen molar-refractivity contribution in [2.75, 3.05) is 0 Å². The summed E-state index contributed by atoms with van der Waals surface area (Å²) in [5.41, 5.74) is 1.18. The van der Waals surface area contributed by atoms with Gasteiger partial charge in [-0.2, -0.15) is 5.10 Å². The number of benzene rings is 1. The van der Waals surface area contributed by atoms with Crippen molar-refractivity contribution in [2.24, 2.45) is 0 Å². The summed E-state index contributed by atoms with van der Waals surface area (Å²) >= 11 is 0. The van der Waals surface area contributed by atoms with Crippen LogP contribution in [0.25, 0.3) is 5.69 Å². The van der Waals surface area contributed by atoms with Gasteiger partial charge in [0.1, 0.15) is 0 Å². The third-order valence-corrected chi connectivity index (χ3v) is 2.80. The molecule has 0 spiro atoms. The summed E-state index contributed by atoms with van der Waals surface area (Å²) in [6, 6.07) is 7.73. The van der Waals surface area contributed by atoms with E-state index in [-0.39, 0.29) is 10.8 Å². The van der Waals surface area contributed by atoms with Crippen molar-refractivity contribution in [3.8, 4) is 11.6 Å². The maximum absolute atomic E-state index is 10.8. The lowest BCUT2D eigenvalue weighted by Gasteiger charge is -2.02. The molecule has 0 amide bonds. The van der Waals surface area contributed by atoms with Gasteiger partial charge in [-0.3, -0.25) is 0 Å². The molecule has 2 rings (SSSR count).